The second-order valence-corrected chi connectivity index (χ2v) is 5.93. The highest BCUT2D eigenvalue weighted by Crippen LogP contribution is 2.14. The number of guanidine groups is 1. The normalized spacial score (nSPS) is 29.5. The van der Waals surface area contributed by atoms with E-state index in [1.807, 2.05) is 7.05 Å². The fraction of sp³-hybridized carbons (Fsp3) is 0.933. The van der Waals surface area contributed by atoms with Crippen molar-refractivity contribution in [2.24, 2.45) is 4.99 Å². The number of rotatable bonds is 7. The molecule has 0 aromatic heterocycles. The van der Waals surface area contributed by atoms with Crippen LogP contribution in [-0.2, 0) is 0 Å². The van der Waals surface area contributed by atoms with Crippen molar-refractivity contribution in [1.29, 1.82) is 0 Å². The molecule has 1 unspecified atom stereocenters. The molecular weight excluding hydrogens is 250 g/mol. The second kappa shape index (κ2) is 8.47. The first-order valence-corrected chi connectivity index (χ1v) is 8.24. The maximum Gasteiger partial charge on any atom is 0.191 e. The molecule has 20 heavy (non-hydrogen) atoms. The molecule has 3 saturated heterocycles. The highest BCUT2D eigenvalue weighted by atomic mass is 15.4. The lowest BCUT2D eigenvalue weighted by Gasteiger charge is -2.47. The number of nitrogens with zero attached hydrogens (tertiary/aromatic N) is 3. The molecule has 5 nitrogen and oxygen atoms in total. The average Bonchev–Trinajstić information content (AvgIpc) is 2.51. The van der Waals surface area contributed by atoms with E-state index in [4.69, 9.17) is 0 Å². The Morgan fingerprint density at radius 3 is 2.50 bits per heavy atom. The smallest absolute Gasteiger partial charge is 0.191 e. The summed E-state index contributed by atoms with van der Waals surface area (Å²) in [4.78, 5) is 9.50. The van der Waals surface area contributed by atoms with Gasteiger partial charge in [0.05, 0.1) is 0 Å². The Hall–Kier alpha value is -0.810. The Labute approximate surface area is 123 Å². The Kier molecular flexibility index (Phi) is 6.60. The standard InChI is InChI=1S/C15H31N5/c1-3-4-5-6-7-17-15(16-2)18-12-14-13-19-8-10-20(14)11-9-19/h14H,3-13H2,1-2H3,(H2,16,17,18). The minimum Gasteiger partial charge on any atom is -0.356 e. The van der Waals surface area contributed by atoms with Crippen LogP contribution in [0.1, 0.15) is 32.6 Å². The lowest BCUT2D eigenvalue weighted by atomic mass is 10.1. The van der Waals surface area contributed by atoms with E-state index in [2.05, 4.69) is 32.3 Å². The highest BCUT2D eigenvalue weighted by molar-refractivity contribution is 5.79. The van der Waals surface area contributed by atoms with Crippen LogP contribution in [0.15, 0.2) is 4.99 Å². The van der Waals surface area contributed by atoms with Gasteiger partial charge in [-0.3, -0.25) is 14.8 Å². The van der Waals surface area contributed by atoms with Crippen LogP contribution in [0.4, 0.5) is 0 Å². The number of nitrogens with one attached hydrogen (secondary N) is 2. The predicted octanol–water partition coefficient (Wildman–Crippen LogP) is 0.732. The molecule has 2 N–H and O–H groups in total. The van der Waals surface area contributed by atoms with Gasteiger partial charge in [-0.15, -0.1) is 0 Å². The SMILES string of the molecule is CCCCCCNC(=NC)NCC1CN2CCN1CC2. The molecule has 3 heterocycles. The number of hydrogen-bond acceptors (Lipinski definition) is 3. The van der Waals surface area contributed by atoms with Gasteiger partial charge in [0.15, 0.2) is 5.96 Å². The van der Waals surface area contributed by atoms with Crippen molar-refractivity contribution in [2.75, 3.05) is 52.9 Å². The Morgan fingerprint density at radius 1 is 1.10 bits per heavy atom. The minimum atomic E-state index is 0.649. The monoisotopic (exact) mass is 281 g/mol. The van der Waals surface area contributed by atoms with Crippen molar-refractivity contribution >= 4 is 5.96 Å². The summed E-state index contributed by atoms with van der Waals surface area (Å²) in [6.07, 6.45) is 5.17. The van der Waals surface area contributed by atoms with Gasteiger partial charge in [-0.25, -0.2) is 0 Å². The number of fused-ring (bicyclic) bond motifs is 3. The molecule has 3 fully saturated rings. The van der Waals surface area contributed by atoms with Crippen molar-refractivity contribution in [3.05, 3.63) is 0 Å². The Bertz CT molecular complexity index is 297. The summed E-state index contributed by atoms with van der Waals surface area (Å²) < 4.78 is 0. The molecule has 3 rings (SSSR count). The van der Waals surface area contributed by atoms with Crippen molar-refractivity contribution in [1.82, 2.24) is 20.4 Å². The summed E-state index contributed by atoms with van der Waals surface area (Å²) in [5.41, 5.74) is 0. The molecule has 0 aromatic rings. The van der Waals surface area contributed by atoms with E-state index in [-0.39, 0.29) is 0 Å². The van der Waals surface area contributed by atoms with Crippen LogP contribution >= 0.6 is 0 Å². The number of aliphatic imine (C=N–C) groups is 1. The van der Waals surface area contributed by atoms with Gasteiger partial charge in [-0.1, -0.05) is 26.2 Å². The summed E-state index contributed by atoms with van der Waals surface area (Å²) in [7, 11) is 1.86. The summed E-state index contributed by atoms with van der Waals surface area (Å²) in [5.74, 6) is 0.958. The van der Waals surface area contributed by atoms with Crippen LogP contribution in [0.25, 0.3) is 0 Å². The van der Waals surface area contributed by atoms with E-state index in [0.717, 1.165) is 19.0 Å². The van der Waals surface area contributed by atoms with Crippen LogP contribution in [0, 0.1) is 0 Å². The van der Waals surface area contributed by atoms with Gasteiger partial charge in [0, 0.05) is 58.9 Å². The third-order valence-electron chi connectivity index (χ3n) is 4.44. The van der Waals surface area contributed by atoms with Crippen LogP contribution in [0.3, 0.4) is 0 Å². The molecule has 0 aromatic carbocycles. The van der Waals surface area contributed by atoms with Crippen LogP contribution in [-0.4, -0.2) is 74.7 Å². The number of hydrogen-bond donors (Lipinski definition) is 2. The molecule has 0 aliphatic carbocycles. The lowest BCUT2D eigenvalue weighted by Crippen LogP contribution is -2.63. The van der Waals surface area contributed by atoms with E-state index in [1.54, 1.807) is 0 Å². The van der Waals surface area contributed by atoms with Crippen molar-refractivity contribution in [3.63, 3.8) is 0 Å². The van der Waals surface area contributed by atoms with E-state index in [1.165, 1.54) is 58.4 Å². The Balaban J connectivity index is 1.61. The molecule has 1 atom stereocenters. The number of unbranched alkanes of at least 4 members (excludes halogenated alkanes) is 3. The molecular formula is C15H31N5. The van der Waals surface area contributed by atoms with Crippen molar-refractivity contribution in [2.45, 2.75) is 38.6 Å². The van der Waals surface area contributed by atoms with Gasteiger partial charge in [-0.2, -0.15) is 0 Å². The van der Waals surface area contributed by atoms with Gasteiger partial charge in [0.2, 0.25) is 0 Å². The zero-order valence-corrected chi connectivity index (χ0v) is 13.2. The molecule has 0 amide bonds. The first-order chi connectivity index (χ1) is 9.83. The van der Waals surface area contributed by atoms with Crippen LogP contribution in [0.5, 0.6) is 0 Å². The summed E-state index contributed by atoms with van der Waals surface area (Å²) in [5, 5.41) is 6.90. The van der Waals surface area contributed by atoms with Gasteiger partial charge >= 0.3 is 0 Å². The molecule has 0 radical (unpaired) electrons. The second-order valence-electron chi connectivity index (χ2n) is 5.93. The maximum atomic E-state index is 4.31. The fourth-order valence-corrected chi connectivity index (χ4v) is 3.11. The summed E-state index contributed by atoms with van der Waals surface area (Å²) >= 11 is 0. The quantitative estimate of drug-likeness (QED) is 0.410. The maximum absolute atomic E-state index is 4.31. The first-order valence-electron chi connectivity index (χ1n) is 8.24. The van der Waals surface area contributed by atoms with E-state index >= 15 is 0 Å². The zero-order chi connectivity index (χ0) is 14.2. The zero-order valence-electron chi connectivity index (χ0n) is 13.2. The van der Waals surface area contributed by atoms with E-state index in [9.17, 15) is 0 Å². The van der Waals surface area contributed by atoms with E-state index in [0.29, 0.717) is 6.04 Å². The molecule has 116 valence electrons. The number of piperazine rings is 3. The molecule has 2 bridgehead atoms. The molecule has 3 aliphatic rings. The summed E-state index contributed by atoms with van der Waals surface area (Å²) in [6.45, 7) is 10.5. The topological polar surface area (TPSA) is 42.9 Å². The van der Waals surface area contributed by atoms with Gasteiger partial charge in [0.1, 0.15) is 0 Å². The third kappa shape index (κ3) is 4.63. The minimum absolute atomic E-state index is 0.649. The lowest BCUT2D eigenvalue weighted by molar-refractivity contribution is 0.0154. The van der Waals surface area contributed by atoms with Crippen molar-refractivity contribution in [3.8, 4) is 0 Å². The summed E-state index contributed by atoms with van der Waals surface area (Å²) in [6, 6.07) is 0.649. The van der Waals surface area contributed by atoms with Crippen LogP contribution in [0.2, 0.25) is 0 Å². The van der Waals surface area contributed by atoms with Crippen molar-refractivity contribution < 1.29 is 0 Å². The van der Waals surface area contributed by atoms with Gasteiger partial charge in [0.25, 0.3) is 0 Å². The van der Waals surface area contributed by atoms with Gasteiger partial charge in [-0.05, 0) is 6.42 Å². The molecule has 0 saturated carbocycles. The Morgan fingerprint density at radius 2 is 1.90 bits per heavy atom. The van der Waals surface area contributed by atoms with E-state index < -0.39 is 0 Å². The first kappa shape index (κ1) is 15.6. The molecule has 3 aliphatic heterocycles. The predicted molar refractivity (Wildman–Crippen MR) is 85.3 cm³/mol. The highest BCUT2D eigenvalue weighted by Gasteiger charge is 2.31. The van der Waals surface area contributed by atoms with Gasteiger partial charge < -0.3 is 10.6 Å². The van der Waals surface area contributed by atoms with Crippen LogP contribution < -0.4 is 10.6 Å². The largest absolute Gasteiger partial charge is 0.356 e. The fourth-order valence-electron chi connectivity index (χ4n) is 3.11. The molecule has 5 heteroatoms. The molecule has 0 spiro atoms. The average molecular weight is 281 g/mol. The third-order valence-corrected chi connectivity index (χ3v) is 4.44.